The van der Waals surface area contributed by atoms with E-state index >= 15 is 0 Å². The van der Waals surface area contributed by atoms with E-state index in [0.717, 1.165) is 0 Å². The van der Waals surface area contributed by atoms with E-state index in [1.807, 2.05) is 0 Å². The summed E-state index contributed by atoms with van der Waals surface area (Å²) in [5.41, 5.74) is 0. The smallest absolute Gasteiger partial charge is 0.0954 e. The molecule has 0 spiro atoms. The summed E-state index contributed by atoms with van der Waals surface area (Å²) in [5.74, 6) is 0.139. The van der Waals surface area contributed by atoms with E-state index in [4.69, 9.17) is 0 Å². The van der Waals surface area contributed by atoms with Crippen LogP contribution in [0.5, 0.6) is 0 Å². The second-order valence-corrected chi connectivity index (χ2v) is 3.76. The normalized spacial score (nSPS) is 11.8. The molecule has 0 aliphatic rings. The first-order chi connectivity index (χ1) is 3.56. The first kappa shape index (κ1) is 8.26. The summed E-state index contributed by atoms with van der Waals surface area (Å²) in [4.78, 5) is 0. The number of rotatable bonds is 3. The van der Waals surface area contributed by atoms with Crippen LogP contribution in [0.3, 0.4) is 0 Å². The molecule has 0 radical (unpaired) electrons. The molecule has 0 rings (SSSR count). The standard InChI is InChI=1S/C3H8O3S2/c1-7-2-3-8(4,5)6/h2-3H2,1H3,(H,4,5,6)/p-1. The van der Waals surface area contributed by atoms with E-state index in [-0.39, 0.29) is 5.75 Å². The maximum atomic E-state index is 9.82. The van der Waals surface area contributed by atoms with Gasteiger partial charge in [-0.25, -0.2) is 8.42 Å². The third kappa shape index (κ3) is 6.26. The number of hydrogen-bond acceptors (Lipinski definition) is 4. The lowest BCUT2D eigenvalue weighted by atomic mass is 11.0. The van der Waals surface area contributed by atoms with E-state index in [1.165, 1.54) is 11.8 Å². The first-order valence-electron chi connectivity index (χ1n) is 1.99. The molecule has 0 aromatic heterocycles. The molecule has 0 unspecified atom stereocenters. The van der Waals surface area contributed by atoms with Crippen molar-refractivity contribution in [2.75, 3.05) is 17.8 Å². The monoisotopic (exact) mass is 155 g/mol. The van der Waals surface area contributed by atoms with Gasteiger partial charge in [0, 0.05) is 11.5 Å². The molecule has 0 amide bonds. The molecule has 0 atom stereocenters. The van der Waals surface area contributed by atoms with Crippen molar-refractivity contribution in [2.24, 2.45) is 0 Å². The van der Waals surface area contributed by atoms with Crippen LogP contribution in [0.4, 0.5) is 0 Å². The zero-order valence-corrected chi connectivity index (χ0v) is 6.09. The van der Waals surface area contributed by atoms with E-state index in [0.29, 0.717) is 5.75 Å². The molecular formula is C3H7O3S2-. The van der Waals surface area contributed by atoms with Crippen LogP contribution in [0.15, 0.2) is 0 Å². The van der Waals surface area contributed by atoms with E-state index in [2.05, 4.69) is 0 Å². The molecule has 3 nitrogen and oxygen atoms in total. The van der Waals surface area contributed by atoms with Crippen molar-refractivity contribution in [1.29, 1.82) is 0 Å². The Kier molecular flexibility index (Phi) is 3.43. The fourth-order valence-electron chi connectivity index (χ4n) is 0.185. The van der Waals surface area contributed by atoms with Gasteiger partial charge >= 0.3 is 0 Å². The highest BCUT2D eigenvalue weighted by molar-refractivity contribution is 7.99. The Morgan fingerprint density at radius 3 is 2.25 bits per heavy atom. The summed E-state index contributed by atoms with van der Waals surface area (Å²) in [6.45, 7) is 0. The van der Waals surface area contributed by atoms with Gasteiger partial charge < -0.3 is 4.55 Å². The lowest BCUT2D eigenvalue weighted by Crippen LogP contribution is -2.05. The molecule has 50 valence electrons. The molecule has 0 saturated carbocycles. The van der Waals surface area contributed by atoms with Gasteiger partial charge in [-0.05, 0) is 6.26 Å². The molecule has 5 heteroatoms. The third-order valence-electron chi connectivity index (χ3n) is 0.537. The van der Waals surface area contributed by atoms with Crippen LogP contribution in [0.25, 0.3) is 0 Å². The van der Waals surface area contributed by atoms with Crippen molar-refractivity contribution in [3.8, 4) is 0 Å². The molecule has 0 N–H and O–H groups in total. The minimum Gasteiger partial charge on any atom is -0.748 e. The summed E-state index contributed by atoms with van der Waals surface area (Å²) in [6, 6.07) is 0. The molecular weight excluding hydrogens is 148 g/mol. The van der Waals surface area contributed by atoms with Crippen molar-refractivity contribution < 1.29 is 13.0 Å². The van der Waals surface area contributed by atoms with Gasteiger partial charge in [-0.3, -0.25) is 0 Å². The summed E-state index contributed by atoms with van der Waals surface area (Å²) in [5, 5.41) is 0. The largest absolute Gasteiger partial charge is 0.748 e. The highest BCUT2D eigenvalue weighted by atomic mass is 32.2. The van der Waals surface area contributed by atoms with Crippen LogP contribution in [0.1, 0.15) is 0 Å². The SMILES string of the molecule is CSCCS(=O)(=O)[O-]. The summed E-state index contributed by atoms with van der Waals surface area (Å²) in [7, 11) is -3.96. The lowest BCUT2D eigenvalue weighted by Gasteiger charge is -2.02. The van der Waals surface area contributed by atoms with Gasteiger partial charge in [-0.15, -0.1) is 0 Å². The van der Waals surface area contributed by atoms with Gasteiger partial charge in [-0.1, -0.05) is 0 Å². The second kappa shape index (κ2) is 3.32. The van der Waals surface area contributed by atoms with Crippen molar-refractivity contribution in [2.45, 2.75) is 0 Å². The highest BCUT2D eigenvalue weighted by Crippen LogP contribution is 1.92. The minimum atomic E-state index is -3.96. The molecule has 0 fully saturated rings. The van der Waals surface area contributed by atoms with Crippen LogP contribution in [0.2, 0.25) is 0 Å². The first-order valence-corrected chi connectivity index (χ1v) is 4.96. The Hall–Kier alpha value is 0.260. The maximum absolute atomic E-state index is 9.82. The van der Waals surface area contributed by atoms with Crippen molar-refractivity contribution >= 4 is 21.9 Å². The van der Waals surface area contributed by atoms with Crippen LogP contribution < -0.4 is 0 Å². The molecule has 0 heterocycles. The van der Waals surface area contributed by atoms with E-state index < -0.39 is 10.1 Å². The Labute approximate surface area is 53.2 Å². The van der Waals surface area contributed by atoms with Gasteiger partial charge in [0.1, 0.15) is 0 Å². The average molecular weight is 155 g/mol. The Balaban J connectivity index is 3.42. The highest BCUT2D eigenvalue weighted by Gasteiger charge is 1.90. The van der Waals surface area contributed by atoms with E-state index in [9.17, 15) is 13.0 Å². The topological polar surface area (TPSA) is 57.2 Å². The van der Waals surface area contributed by atoms with Crippen LogP contribution in [-0.2, 0) is 10.1 Å². The molecule has 0 aromatic rings. The van der Waals surface area contributed by atoms with Crippen LogP contribution in [0, 0.1) is 0 Å². The average Bonchev–Trinajstić information content (AvgIpc) is 1.59. The molecule has 0 aliphatic heterocycles. The number of hydrogen-bond donors (Lipinski definition) is 0. The van der Waals surface area contributed by atoms with Gasteiger partial charge in [0.25, 0.3) is 0 Å². The molecule has 0 aromatic carbocycles. The fraction of sp³-hybridized carbons (Fsp3) is 1.00. The fourth-order valence-corrected chi connectivity index (χ4v) is 1.67. The zero-order valence-electron chi connectivity index (χ0n) is 4.46. The van der Waals surface area contributed by atoms with Crippen molar-refractivity contribution in [3.05, 3.63) is 0 Å². The minimum absolute atomic E-state index is 0.256. The van der Waals surface area contributed by atoms with Gasteiger partial charge in [0.2, 0.25) is 0 Å². The quantitative estimate of drug-likeness (QED) is 0.534. The van der Waals surface area contributed by atoms with Gasteiger partial charge in [0.15, 0.2) is 0 Å². The predicted molar refractivity (Wildman–Crippen MR) is 32.9 cm³/mol. The molecule has 0 saturated heterocycles. The summed E-state index contributed by atoms with van der Waals surface area (Å²) < 4.78 is 29.5. The zero-order chi connectivity index (χ0) is 6.62. The second-order valence-electron chi connectivity index (χ2n) is 1.25. The molecule has 0 bridgehead atoms. The summed E-state index contributed by atoms with van der Waals surface area (Å²) in [6.07, 6.45) is 1.76. The molecule has 8 heavy (non-hydrogen) atoms. The van der Waals surface area contributed by atoms with E-state index in [1.54, 1.807) is 6.26 Å². The Morgan fingerprint density at radius 1 is 1.62 bits per heavy atom. The summed E-state index contributed by atoms with van der Waals surface area (Å²) >= 11 is 1.35. The predicted octanol–water partition coefficient (Wildman–Crippen LogP) is -0.105. The number of thioether (sulfide) groups is 1. The van der Waals surface area contributed by atoms with Gasteiger partial charge in [-0.2, -0.15) is 11.8 Å². The van der Waals surface area contributed by atoms with Crippen molar-refractivity contribution in [1.82, 2.24) is 0 Å². The maximum Gasteiger partial charge on any atom is 0.0954 e. The third-order valence-corrected chi connectivity index (χ3v) is 2.11. The van der Waals surface area contributed by atoms with Crippen LogP contribution in [-0.4, -0.2) is 30.7 Å². The molecule has 0 aliphatic carbocycles. The lowest BCUT2D eigenvalue weighted by molar-refractivity contribution is 0.465. The van der Waals surface area contributed by atoms with Gasteiger partial charge in [0.05, 0.1) is 10.1 Å². The Bertz CT molecular complexity index is 137. The Morgan fingerprint density at radius 2 is 2.12 bits per heavy atom. The van der Waals surface area contributed by atoms with Crippen molar-refractivity contribution in [3.63, 3.8) is 0 Å². The van der Waals surface area contributed by atoms with Crippen LogP contribution >= 0.6 is 11.8 Å².